The van der Waals surface area contributed by atoms with Gasteiger partial charge in [-0.25, -0.2) is 0 Å². The van der Waals surface area contributed by atoms with Crippen LogP contribution >= 0.6 is 0 Å². The van der Waals surface area contributed by atoms with Crippen LogP contribution in [-0.4, -0.2) is 4.98 Å². The van der Waals surface area contributed by atoms with Gasteiger partial charge in [-0.1, -0.05) is 50.8 Å². The van der Waals surface area contributed by atoms with Gasteiger partial charge in [0.1, 0.15) is 0 Å². The van der Waals surface area contributed by atoms with Gasteiger partial charge in [-0.05, 0) is 43.2 Å². The Bertz CT molecular complexity index is 538. The predicted octanol–water partition coefficient (Wildman–Crippen LogP) is 5.24. The molecule has 102 valence electrons. The number of hydrogen-bond donors (Lipinski definition) is 1. The third-order valence-corrected chi connectivity index (χ3v) is 4.65. The highest BCUT2D eigenvalue weighted by Gasteiger charge is 2.19. The molecule has 0 spiro atoms. The van der Waals surface area contributed by atoms with Crippen molar-refractivity contribution < 1.29 is 0 Å². The SMILES string of the molecule is CCCCCC1CCCc2c([nH]c3ccccc23)C1. The number of benzene rings is 1. The van der Waals surface area contributed by atoms with Crippen LogP contribution in [0.25, 0.3) is 10.9 Å². The topological polar surface area (TPSA) is 15.8 Å². The van der Waals surface area contributed by atoms with Crippen LogP contribution in [0.4, 0.5) is 0 Å². The molecule has 1 aliphatic carbocycles. The van der Waals surface area contributed by atoms with E-state index < -0.39 is 0 Å². The molecule has 1 nitrogen and oxygen atoms in total. The minimum atomic E-state index is 0.904. The second kappa shape index (κ2) is 5.81. The molecule has 1 aromatic carbocycles. The Kier molecular flexibility index (Phi) is 3.91. The van der Waals surface area contributed by atoms with Crippen molar-refractivity contribution in [2.75, 3.05) is 0 Å². The van der Waals surface area contributed by atoms with Gasteiger partial charge in [0.15, 0.2) is 0 Å². The Morgan fingerprint density at radius 2 is 2.11 bits per heavy atom. The van der Waals surface area contributed by atoms with Crippen LogP contribution in [0.1, 0.15) is 56.7 Å². The zero-order valence-electron chi connectivity index (χ0n) is 12.0. The molecule has 0 saturated heterocycles. The minimum absolute atomic E-state index is 0.904. The number of nitrogens with one attached hydrogen (secondary N) is 1. The maximum absolute atomic E-state index is 3.68. The minimum Gasteiger partial charge on any atom is -0.358 e. The number of aromatic nitrogens is 1. The molecule has 0 fully saturated rings. The lowest BCUT2D eigenvalue weighted by molar-refractivity contribution is 0.423. The standard InChI is InChI=1S/C18H25N/c1-2-3-4-8-14-9-7-11-16-15-10-5-6-12-17(15)19-18(16)13-14/h5-6,10,12,14,19H,2-4,7-9,11,13H2,1H3. The number of hydrogen-bond acceptors (Lipinski definition) is 0. The Morgan fingerprint density at radius 1 is 1.21 bits per heavy atom. The van der Waals surface area contributed by atoms with Gasteiger partial charge in [-0.3, -0.25) is 0 Å². The smallest absolute Gasteiger partial charge is 0.0458 e. The number of rotatable bonds is 4. The van der Waals surface area contributed by atoms with Gasteiger partial charge in [0, 0.05) is 16.6 Å². The summed E-state index contributed by atoms with van der Waals surface area (Å²) >= 11 is 0. The monoisotopic (exact) mass is 255 g/mol. The fourth-order valence-corrected chi connectivity index (χ4v) is 3.60. The van der Waals surface area contributed by atoms with Crippen molar-refractivity contribution in [3.05, 3.63) is 35.5 Å². The molecular weight excluding hydrogens is 230 g/mol. The zero-order chi connectivity index (χ0) is 13.1. The largest absolute Gasteiger partial charge is 0.358 e. The van der Waals surface area contributed by atoms with E-state index in [1.54, 1.807) is 5.56 Å². The summed E-state index contributed by atoms with van der Waals surface area (Å²) in [5.41, 5.74) is 4.47. The molecule has 0 saturated carbocycles. The lowest BCUT2D eigenvalue weighted by atomic mass is 9.93. The van der Waals surface area contributed by atoms with Gasteiger partial charge in [0.2, 0.25) is 0 Å². The second-order valence-electron chi connectivity index (χ2n) is 6.09. The number of para-hydroxylation sites is 1. The molecule has 1 aliphatic rings. The fourth-order valence-electron chi connectivity index (χ4n) is 3.60. The average molecular weight is 255 g/mol. The Labute approximate surface area is 116 Å². The number of H-pyrrole nitrogens is 1. The van der Waals surface area contributed by atoms with E-state index in [0.717, 1.165) is 5.92 Å². The van der Waals surface area contributed by atoms with Crippen molar-refractivity contribution in [3.8, 4) is 0 Å². The van der Waals surface area contributed by atoms with Gasteiger partial charge >= 0.3 is 0 Å². The van der Waals surface area contributed by atoms with Crippen molar-refractivity contribution in [2.24, 2.45) is 5.92 Å². The van der Waals surface area contributed by atoms with Crippen LogP contribution in [-0.2, 0) is 12.8 Å². The van der Waals surface area contributed by atoms with E-state index in [4.69, 9.17) is 0 Å². The van der Waals surface area contributed by atoms with E-state index in [1.165, 1.54) is 68.0 Å². The molecule has 1 heterocycles. The molecule has 1 aromatic heterocycles. The highest BCUT2D eigenvalue weighted by atomic mass is 14.7. The number of aromatic amines is 1. The fraction of sp³-hybridized carbons (Fsp3) is 0.556. The predicted molar refractivity (Wildman–Crippen MR) is 82.6 cm³/mol. The van der Waals surface area contributed by atoms with Crippen molar-refractivity contribution in [2.45, 2.75) is 58.3 Å². The molecule has 0 aliphatic heterocycles. The summed E-state index contributed by atoms with van der Waals surface area (Å²) in [4.78, 5) is 3.68. The molecule has 1 unspecified atom stereocenters. The Balaban J connectivity index is 1.80. The lowest BCUT2D eigenvalue weighted by Crippen LogP contribution is -2.03. The highest BCUT2D eigenvalue weighted by Crippen LogP contribution is 2.32. The Morgan fingerprint density at radius 3 is 3.00 bits per heavy atom. The lowest BCUT2D eigenvalue weighted by Gasteiger charge is -2.13. The summed E-state index contributed by atoms with van der Waals surface area (Å²) in [6, 6.07) is 8.80. The van der Waals surface area contributed by atoms with Crippen LogP contribution < -0.4 is 0 Å². The maximum Gasteiger partial charge on any atom is 0.0458 e. The summed E-state index contributed by atoms with van der Waals surface area (Å²) in [5, 5.41) is 1.46. The van der Waals surface area contributed by atoms with E-state index in [2.05, 4.69) is 36.2 Å². The first kappa shape index (κ1) is 12.8. The number of fused-ring (bicyclic) bond motifs is 3. The van der Waals surface area contributed by atoms with Gasteiger partial charge in [-0.15, -0.1) is 0 Å². The van der Waals surface area contributed by atoms with Crippen LogP contribution in [0.5, 0.6) is 0 Å². The molecule has 1 N–H and O–H groups in total. The van der Waals surface area contributed by atoms with E-state index in [1.807, 2.05) is 0 Å². The number of unbranched alkanes of at least 4 members (excludes halogenated alkanes) is 2. The van der Waals surface area contributed by atoms with Crippen molar-refractivity contribution in [3.63, 3.8) is 0 Å². The first-order chi connectivity index (χ1) is 9.38. The highest BCUT2D eigenvalue weighted by molar-refractivity contribution is 5.84. The van der Waals surface area contributed by atoms with Crippen molar-refractivity contribution >= 4 is 10.9 Å². The van der Waals surface area contributed by atoms with Crippen molar-refractivity contribution in [1.29, 1.82) is 0 Å². The Hall–Kier alpha value is -1.24. The third-order valence-electron chi connectivity index (χ3n) is 4.65. The van der Waals surface area contributed by atoms with Crippen LogP contribution in [0.15, 0.2) is 24.3 Å². The quantitative estimate of drug-likeness (QED) is 0.568. The summed E-state index contributed by atoms with van der Waals surface area (Å²) in [5.74, 6) is 0.904. The first-order valence-electron chi connectivity index (χ1n) is 7.97. The van der Waals surface area contributed by atoms with E-state index >= 15 is 0 Å². The van der Waals surface area contributed by atoms with Crippen LogP contribution in [0.2, 0.25) is 0 Å². The van der Waals surface area contributed by atoms with Gasteiger partial charge in [0.25, 0.3) is 0 Å². The molecule has 1 heteroatoms. The van der Waals surface area contributed by atoms with Gasteiger partial charge in [-0.2, -0.15) is 0 Å². The summed E-state index contributed by atoms with van der Waals surface area (Å²) in [7, 11) is 0. The van der Waals surface area contributed by atoms with Crippen LogP contribution in [0, 0.1) is 5.92 Å². The van der Waals surface area contributed by atoms with E-state index in [9.17, 15) is 0 Å². The first-order valence-corrected chi connectivity index (χ1v) is 7.97. The summed E-state index contributed by atoms with van der Waals surface area (Å²) in [6.45, 7) is 2.29. The third kappa shape index (κ3) is 2.70. The number of aryl methyl sites for hydroxylation is 1. The maximum atomic E-state index is 3.68. The second-order valence-corrected chi connectivity index (χ2v) is 6.09. The van der Waals surface area contributed by atoms with Gasteiger partial charge in [0.05, 0.1) is 0 Å². The summed E-state index contributed by atoms with van der Waals surface area (Å²) < 4.78 is 0. The van der Waals surface area contributed by atoms with Gasteiger partial charge < -0.3 is 4.98 Å². The van der Waals surface area contributed by atoms with E-state index in [0.29, 0.717) is 0 Å². The van der Waals surface area contributed by atoms with Crippen molar-refractivity contribution in [1.82, 2.24) is 4.98 Å². The molecule has 1 atom stereocenters. The normalized spacial score (nSPS) is 19.3. The van der Waals surface area contributed by atoms with Crippen LogP contribution in [0.3, 0.4) is 0 Å². The average Bonchev–Trinajstić information content (AvgIpc) is 2.64. The van der Waals surface area contributed by atoms with E-state index in [-0.39, 0.29) is 0 Å². The molecule has 0 radical (unpaired) electrons. The molecule has 0 bridgehead atoms. The molecule has 2 aromatic rings. The molecular formula is C18H25N. The summed E-state index contributed by atoms with van der Waals surface area (Å²) in [6.07, 6.45) is 10.9. The molecule has 0 amide bonds. The molecule has 19 heavy (non-hydrogen) atoms. The molecule has 3 rings (SSSR count). The zero-order valence-corrected chi connectivity index (χ0v) is 12.0.